The Bertz CT molecular complexity index is 495. The highest BCUT2D eigenvalue weighted by atomic mass is 35.5. The maximum absolute atomic E-state index is 11.8. The van der Waals surface area contributed by atoms with Crippen molar-refractivity contribution < 1.29 is 4.79 Å². The molecule has 76 valence electrons. The van der Waals surface area contributed by atoms with E-state index < -0.39 is 0 Å². The molecule has 0 amide bonds. The molecule has 3 nitrogen and oxygen atoms in total. The molecule has 0 spiro atoms. The van der Waals surface area contributed by atoms with E-state index in [4.69, 9.17) is 23.2 Å². The molecule has 2 rings (SSSR count). The van der Waals surface area contributed by atoms with Gasteiger partial charge in [0, 0.05) is 22.1 Å². The molecule has 0 aliphatic rings. The second-order valence-corrected chi connectivity index (χ2v) is 4.52. The van der Waals surface area contributed by atoms with Crippen LogP contribution < -0.4 is 0 Å². The number of hydrogen-bond donors (Lipinski definition) is 0. The fraction of sp³-hybridized carbons (Fsp3) is 0. The largest absolute Gasteiger partial charge is 0.287 e. The van der Waals surface area contributed by atoms with Crippen LogP contribution in [0.1, 0.15) is 16.1 Å². The smallest absolute Gasteiger partial charge is 0.215 e. The van der Waals surface area contributed by atoms with Crippen molar-refractivity contribution in [1.29, 1.82) is 0 Å². The number of halogens is 2. The van der Waals surface area contributed by atoms with Crippen LogP contribution in [-0.2, 0) is 0 Å². The van der Waals surface area contributed by atoms with Gasteiger partial charge in [-0.1, -0.05) is 27.7 Å². The normalized spacial score (nSPS) is 10.3. The SMILES string of the molecule is O=C(c1ccc(Cl)cc1)c1nnsc1Cl. The number of rotatable bonds is 2. The molecule has 15 heavy (non-hydrogen) atoms. The van der Waals surface area contributed by atoms with E-state index in [1.807, 2.05) is 0 Å². The van der Waals surface area contributed by atoms with E-state index in [-0.39, 0.29) is 11.5 Å². The van der Waals surface area contributed by atoms with Crippen LogP contribution in [0.2, 0.25) is 9.36 Å². The van der Waals surface area contributed by atoms with Gasteiger partial charge in [-0.25, -0.2) is 0 Å². The van der Waals surface area contributed by atoms with Gasteiger partial charge in [0.2, 0.25) is 5.78 Å². The summed E-state index contributed by atoms with van der Waals surface area (Å²) in [5.41, 5.74) is 0.679. The maximum Gasteiger partial charge on any atom is 0.215 e. The fourth-order valence-corrected chi connectivity index (χ4v) is 1.81. The highest BCUT2D eigenvalue weighted by Gasteiger charge is 2.16. The Morgan fingerprint density at radius 1 is 1.20 bits per heavy atom. The van der Waals surface area contributed by atoms with Crippen LogP contribution in [0.5, 0.6) is 0 Å². The van der Waals surface area contributed by atoms with Gasteiger partial charge in [0.15, 0.2) is 5.69 Å². The van der Waals surface area contributed by atoms with E-state index in [1.165, 1.54) is 0 Å². The van der Waals surface area contributed by atoms with E-state index in [9.17, 15) is 4.79 Å². The van der Waals surface area contributed by atoms with Crippen molar-refractivity contribution in [2.24, 2.45) is 0 Å². The number of carbonyl (C=O) groups is 1. The van der Waals surface area contributed by atoms with Crippen molar-refractivity contribution in [3.8, 4) is 0 Å². The van der Waals surface area contributed by atoms with Crippen LogP contribution in [0, 0.1) is 0 Å². The summed E-state index contributed by atoms with van der Waals surface area (Å²) < 4.78 is 3.90. The Labute approximate surface area is 99.8 Å². The Hall–Kier alpha value is -0.970. The van der Waals surface area contributed by atoms with Gasteiger partial charge in [-0.05, 0) is 24.3 Å². The number of aromatic nitrogens is 2. The second-order valence-electron chi connectivity index (χ2n) is 2.73. The van der Waals surface area contributed by atoms with Crippen LogP contribution >= 0.6 is 34.7 Å². The van der Waals surface area contributed by atoms with E-state index in [2.05, 4.69) is 9.59 Å². The first kappa shape index (κ1) is 10.5. The summed E-state index contributed by atoms with van der Waals surface area (Å²) in [5, 5.41) is 4.25. The molecule has 6 heteroatoms. The summed E-state index contributed by atoms with van der Waals surface area (Å²) in [5.74, 6) is -0.245. The molecule has 0 N–H and O–H groups in total. The summed E-state index contributed by atoms with van der Waals surface area (Å²) >= 11 is 12.5. The lowest BCUT2D eigenvalue weighted by molar-refractivity contribution is 0.103. The quantitative estimate of drug-likeness (QED) is 0.778. The number of nitrogens with zero attached hydrogens (tertiary/aromatic N) is 2. The number of ketones is 1. The zero-order valence-electron chi connectivity index (χ0n) is 7.28. The first-order valence-corrected chi connectivity index (χ1v) is 5.49. The van der Waals surface area contributed by atoms with Gasteiger partial charge in [-0.3, -0.25) is 4.79 Å². The second kappa shape index (κ2) is 4.26. The summed E-state index contributed by atoms with van der Waals surface area (Å²) in [6.07, 6.45) is 0. The monoisotopic (exact) mass is 258 g/mol. The zero-order chi connectivity index (χ0) is 10.8. The highest BCUT2D eigenvalue weighted by Crippen LogP contribution is 2.21. The molecule has 0 unspecified atom stereocenters. The molecule has 0 aliphatic heterocycles. The van der Waals surface area contributed by atoms with Crippen LogP contribution in [0.25, 0.3) is 0 Å². The first-order valence-electron chi connectivity index (χ1n) is 3.96. The molecule has 1 aromatic heterocycles. The number of benzene rings is 1. The van der Waals surface area contributed by atoms with E-state index in [1.54, 1.807) is 24.3 Å². The summed E-state index contributed by atoms with van der Waals surface area (Å²) in [6.45, 7) is 0. The maximum atomic E-state index is 11.8. The van der Waals surface area contributed by atoms with Crippen molar-refractivity contribution in [2.75, 3.05) is 0 Å². The Kier molecular flexibility index (Phi) is 3.00. The highest BCUT2D eigenvalue weighted by molar-refractivity contribution is 7.10. The van der Waals surface area contributed by atoms with E-state index in [0.717, 1.165) is 11.5 Å². The molecule has 0 fully saturated rings. The minimum atomic E-state index is -0.245. The van der Waals surface area contributed by atoms with E-state index >= 15 is 0 Å². The lowest BCUT2D eigenvalue weighted by Crippen LogP contribution is -2.02. The number of carbonyl (C=O) groups excluding carboxylic acids is 1. The lowest BCUT2D eigenvalue weighted by atomic mass is 10.1. The van der Waals surface area contributed by atoms with Gasteiger partial charge < -0.3 is 0 Å². The third kappa shape index (κ3) is 2.17. The zero-order valence-corrected chi connectivity index (χ0v) is 9.60. The van der Waals surface area contributed by atoms with Crippen molar-refractivity contribution in [2.45, 2.75) is 0 Å². The minimum Gasteiger partial charge on any atom is -0.287 e. The molecule has 0 saturated heterocycles. The van der Waals surface area contributed by atoms with Crippen LogP contribution in [0.15, 0.2) is 24.3 Å². The molecule has 0 bridgehead atoms. The molecule has 1 aromatic carbocycles. The molecule has 0 atom stereocenters. The summed E-state index contributed by atoms with van der Waals surface area (Å²) in [6, 6.07) is 6.53. The third-order valence-corrected chi connectivity index (χ3v) is 2.92. The molecule has 1 heterocycles. The number of hydrogen-bond acceptors (Lipinski definition) is 4. The van der Waals surface area contributed by atoms with Gasteiger partial charge in [-0.15, -0.1) is 5.10 Å². The van der Waals surface area contributed by atoms with Crippen molar-refractivity contribution in [3.63, 3.8) is 0 Å². The third-order valence-electron chi connectivity index (χ3n) is 1.77. The molecular weight excluding hydrogens is 255 g/mol. The summed E-state index contributed by atoms with van der Waals surface area (Å²) in [4.78, 5) is 11.8. The topological polar surface area (TPSA) is 42.9 Å². The van der Waals surface area contributed by atoms with Crippen LogP contribution in [0.4, 0.5) is 0 Å². The van der Waals surface area contributed by atoms with Gasteiger partial charge in [0.05, 0.1) is 0 Å². The average molecular weight is 259 g/mol. The van der Waals surface area contributed by atoms with Crippen molar-refractivity contribution in [3.05, 3.63) is 44.9 Å². The van der Waals surface area contributed by atoms with Crippen LogP contribution in [0.3, 0.4) is 0 Å². The van der Waals surface area contributed by atoms with E-state index in [0.29, 0.717) is 14.9 Å². The Balaban J connectivity index is 2.37. The van der Waals surface area contributed by atoms with Gasteiger partial charge >= 0.3 is 0 Å². The lowest BCUT2D eigenvalue weighted by Gasteiger charge is -1.97. The van der Waals surface area contributed by atoms with Gasteiger partial charge in [0.25, 0.3) is 0 Å². The Morgan fingerprint density at radius 2 is 1.87 bits per heavy atom. The fourth-order valence-electron chi connectivity index (χ4n) is 1.05. The predicted octanol–water partition coefficient (Wildman–Crippen LogP) is 3.08. The van der Waals surface area contributed by atoms with Crippen LogP contribution in [-0.4, -0.2) is 15.4 Å². The Morgan fingerprint density at radius 3 is 2.40 bits per heavy atom. The molecule has 0 radical (unpaired) electrons. The van der Waals surface area contributed by atoms with Gasteiger partial charge in [-0.2, -0.15) is 0 Å². The first-order chi connectivity index (χ1) is 7.18. The molecule has 0 saturated carbocycles. The van der Waals surface area contributed by atoms with Crippen molar-refractivity contribution in [1.82, 2.24) is 9.59 Å². The van der Waals surface area contributed by atoms with Gasteiger partial charge in [0.1, 0.15) is 4.34 Å². The van der Waals surface area contributed by atoms with Crippen molar-refractivity contribution >= 4 is 40.5 Å². The standard InChI is InChI=1S/C9H4Cl2N2OS/c10-6-3-1-5(2-4-6)8(14)7-9(11)15-13-12-7/h1-4H. The molecule has 2 aromatic rings. The predicted molar refractivity (Wildman–Crippen MR) is 59.8 cm³/mol. The average Bonchev–Trinajstić information content (AvgIpc) is 2.65. The minimum absolute atomic E-state index is 0.184. The molecular formula is C9H4Cl2N2OS. The summed E-state index contributed by atoms with van der Waals surface area (Å²) in [7, 11) is 0. The molecule has 0 aliphatic carbocycles.